The Morgan fingerprint density at radius 1 is 1.38 bits per heavy atom. The van der Waals surface area contributed by atoms with Gasteiger partial charge in [-0.3, -0.25) is 4.68 Å². The Bertz CT molecular complexity index is 610. The molecule has 0 aliphatic rings. The summed E-state index contributed by atoms with van der Waals surface area (Å²) in [5.74, 6) is 0.880. The third-order valence-electron chi connectivity index (χ3n) is 3.54. The first-order valence-electron chi connectivity index (χ1n) is 7.17. The van der Waals surface area contributed by atoms with Gasteiger partial charge in [-0.05, 0) is 26.5 Å². The fourth-order valence-corrected chi connectivity index (χ4v) is 2.60. The van der Waals surface area contributed by atoms with Gasteiger partial charge in [-0.15, -0.1) is 0 Å². The number of hydrogen-bond donors (Lipinski definition) is 1. The average Bonchev–Trinajstić information content (AvgIpc) is 2.71. The largest absolute Gasteiger partial charge is 0.488 e. The molecule has 0 saturated carbocycles. The molecule has 0 radical (unpaired) electrons. The van der Waals surface area contributed by atoms with E-state index in [2.05, 4.69) is 30.3 Å². The second kappa shape index (κ2) is 6.96. The van der Waals surface area contributed by atoms with Crippen molar-refractivity contribution < 1.29 is 4.74 Å². The smallest absolute Gasteiger partial charge is 0.133 e. The number of ether oxygens (including phenoxy) is 1. The van der Waals surface area contributed by atoms with Crippen molar-refractivity contribution in [2.45, 2.75) is 33.4 Å². The van der Waals surface area contributed by atoms with Crippen molar-refractivity contribution in [3.8, 4) is 5.75 Å². The normalized spacial score (nSPS) is 12.4. The fraction of sp³-hybridized carbons (Fsp3) is 0.438. The molecule has 1 unspecified atom stereocenters. The first-order chi connectivity index (χ1) is 10.0. The van der Waals surface area contributed by atoms with Gasteiger partial charge in [-0.2, -0.15) is 5.10 Å². The Morgan fingerprint density at radius 2 is 2.10 bits per heavy atom. The summed E-state index contributed by atoms with van der Waals surface area (Å²) in [5, 5.41) is 8.34. The number of benzene rings is 1. The summed E-state index contributed by atoms with van der Waals surface area (Å²) >= 11 is 6.24. The number of halogens is 1. The lowest BCUT2D eigenvalue weighted by atomic mass is 10.1. The van der Waals surface area contributed by atoms with Crippen LogP contribution in [0, 0.1) is 6.92 Å². The molecule has 1 N–H and O–H groups in total. The number of nitrogens with zero attached hydrogens (tertiary/aromatic N) is 2. The zero-order valence-corrected chi connectivity index (χ0v) is 13.7. The molecule has 0 bridgehead atoms. The van der Waals surface area contributed by atoms with Gasteiger partial charge in [-0.1, -0.05) is 36.7 Å². The van der Waals surface area contributed by atoms with E-state index in [9.17, 15) is 0 Å². The van der Waals surface area contributed by atoms with Gasteiger partial charge in [0.15, 0.2) is 0 Å². The van der Waals surface area contributed by atoms with Gasteiger partial charge in [0.25, 0.3) is 0 Å². The molecule has 0 saturated heterocycles. The Kier molecular flexibility index (Phi) is 5.26. The van der Waals surface area contributed by atoms with Crippen LogP contribution in [0.5, 0.6) is 5.75 Å². The molecule has 0 spiro atoms. The number of nitrogens with one attached hydrogen (secondary N) is 1. The zero-order chi connectivity index (χ0) is 15.4. The van der Waals surface area contributed by atoms with E-state index in [0.717, 1.165) is 29.1 Å². The van der Waals surface area contributed by atoms with Gasteiger partial charge in [0.2, 0.25) is 0 Å². The predicted octanol–water partition coefficient (Wildman–Crippen LogP) is 3.63. The molecule has 1 aromatic carbocycles. The van der Waals surface area contributed by atoms with Crippen LogP contribution < -0.4 is 10.1 Å². The van der Waals surface area contributed by atoms with Crippen molar-refractivity contribution in [1.82, 2.24) is 15.1 Å². The number of rotatable bonds is 6. The van der Waals surface area contributed by atoms with Gasteiger partial charge in [0.1, 0.15) is 17.5 Å². The molecule has 2 rings (SSSR count). The zero-order valence-electron chi connectivity index (χ0n) is 13.0. The quantitative estimate of drug-likeness (QED) is 0.885. The van der Waals surface area contributed by atoms with E-state index in [-0.39, 0.29) is 6.04 Å². The third kappa shape index (κ3) is 3.57. The van der Waals surface area contributed by atoms with Crippen molar-refractivity contribution in [3.05, 3.63) is 46.2 Å². The van der Waals surface area contributed by atoms with Gasteiger partial charge in [0, 0.05) is 24.2 Å². The molecule has 4 nitrogen and oxygen atoms in total. The van der Waals surface area contributed by atoms with Crippen LogP contribution in [-0.4, -0.2) is 16.3 Å². The van der Waals surface area contributed by atoms with Crippen LogP contribution in [0.3, 0.4) is 0 Å². The van der Waals surface area contributed by atoms with E-state index in [1.54, 1.807) is 4.68 Å². The highest BCUT2D eigenvalue weighted by Crippen LogP contribution is 2.27. The fourth-order valence-electron chi connectivity index (χ4n) is 2.37. The van der Waals surface area contributed by atoms with E-state index >= 15 is 0 Å². The first-order valence-corrected chi connectivity index (χ1v) is 7.55. The summed E-state index contributed by atoms with van der Waals surface area (Å²) in [6.07, 6.45) is 0. The number of hydrogen-bond acceptors (Lipinski definition) is 3. The topological polar surface area (TPSA) is 39.1 Å². The van der Waals surface area contributed by atoms with Crippen LogP contribution in [0.15, 0.2) is 24.3 Å². The predicted molar refractivity (Wildman–Crippen MR) is 85.8 cm³/mol. The van der Waals surface area contributed by atoms with Crippen molar-refractivity contribution in [3.63, 3.8) is 0 Å². The van der Waals surface area contributed by atoms with Gasteiger partial charge < -0.3 is 10.1 Å². The molecule has 2 aromatic rings. The van der Waals surface area contributed by atoms with Gasteiger partial charge in [0.05, 0.1) is 5.69 Å². The molecule has 1 heterocycles. The molecular weight excluding hydrogens is 286 g/mol. The third-order valence-corrected chi connectivity index (χ3v) is 4.01. The van der Waals surface area contributed by atoms with Gasteiger partial charge in [-0.25, -0.2) is 0 Å². The molecule has 0 amide bonds. The van der Waals surface area contributed by atoms with Crippen LogP contribution in [0.1, 0.15) is 36.7 Å². The van der Waals surface area contributed by atoms with Crippen LogP contribution in [-0.2, 0) is 13.7 Å². The maximum absolute atomic E-state index is 6.24. The minimum Gasteiger partial charge on any atom is -0.488 e. The SMILES string of the molecule is CCNC(C)c1ccccc1OCc1c(C)nn(C)c1Cl. The Labute approximate surface area is 131 Å². The van der Waals surface area contributed by atoms with Crippen molar-refractivity contribution in [2.75, 3.05) is 6.54 Å². The van der Waals surface area contributed by atoms with E-state index < -0.39 is 0 Å². The standard InChI is InChI=1S/C16H22ClN3O/c1-5-18-11(2)13-8-6-7-9-15(13)21-10-14-12(3)19-20(4)16(14)17/h6-9,11,18H,5,10H2,1-4H3. The lowest BCUT2D eigenvalue weighted by Crippen LogP contribution is -2.18. The molecule has 1 aromatic heterocycles. The van der Waals surface area contributed by atoms with Gasteiger partial charge >= 0.3 is 0 Å². The number of aromatic nitrogens is 2. The van der Waals surface area contributed by atoms with E-state index in [1.165, 1.54) is 0 Å². The second-order valence-corrected chi connectivity index (χ2v) is 5.44. The van der Waals surface area contributed by atoms with Crippen LogP contribution in [0.2, 0.25) is 5.15 Å². The summed E-state index contributed by atoms with van der Waals surface area (Å²) < 4.78 is 7.66. The minimum atomic E-state index is 0.247. The average molecular weight is 308 g/mol. The molecule has 1 atom stereocenters. The Morgan fingerprint density at radius 3 is 2.71 bits per heavy atom. The highest BCUT2D eigenvalue weighted by Gasteiger charge is 2.14. The molecule has 21 heavy (non-hydrogen) atoms. The Hall–Kier alpha value is -1.52. The summed E-state index contributed by atoms with van der Waals surface area (Å²) in [5.41, 5.74) is 2.99. The number of para-hydroxylation sites is 1. The van der Waals surface area contributed by atoms with E-state index in [0.29, 0.717) is 11.8 Å². The molecule has 0 aliphatic heterocycles. The van der Waals surface area contributed by atoms with Crippen LogP contribution >= 0.6 is 11.6 Å². The van der Waals surface area contributed by atoms with Crippen LogP contribution in [0.25, 0.3) is 0 Å². The molecule has 114 valence electrons. The number of aryl methyl sites for hydroxylation is 2. The monoisotopic (exact) mass is 307 g/mol. The maximum Gasteiger partial charge on any atom is 0.133 e. The van der Waals surface area contributed by atoms with Crippen LogP contribution in [0.4, 0.5) is 0 Å². The van der Waals surface area contributed by atoms with E-state index in [1.807, 2.05) is 32.2 Å². The lowest BCUT2D eigenvalue weighted by molar-refractivity contribution is 0.299. The molecule has 5 heteroatoms. The van der Waals surface area contributed by atoms with Crippen molar-refractivity contribution in [1.29, 1.82) is 0 Å². The minimum absolute atomic E-state index is 0.247. The summed E-state index contributed by atoms with van der Waals surface area (Å²) in [7, 11) is 1.83. The summed E-state index contributed by atoms with van der Waals surface area (Å²) in [6.45, 7) is 7.52. The van der Waals surface area contributed by atoms with Crippen molar-refractivity contribution >= 4 is 11.6 Å². The molecular formula is C16H22ClN3O. The second-order valence-electron chi connectivity index (χ2n) is 5.08. The Balaban J connectivity index is 2.17. The summed E-state index contributed by atoms with van der Waals surface area (Å²) in [4.78, 5) is 0. The maximum atomic E-state index is 6.24. The summed E-state index contributed by atoms with van der Waals surface area (Å²) in [6, 6.07) is 8.33. The van der Waals surface area contributed by atoms with E-state index in [4.69, 9.17) is 16.3 Å². The first kappa shape index (κ1) is 15.9. The molecule has 0 fully saturated rings. The van der Waals surface area contributed by atoms with Crippen molar-refractivity contribution in [2.24, 2.45) is 7.05 Å². The highest BCUT2D eigenvalue weighted by molar-refractivity contribution is 6.30. The molecule has 0 aliphatic carbocycles. The lowest BCUT2D eigenvalue weighted by Gasteiger charge is -2.17. The highest BCUT2D eigenvalue weighted by atomic mass is 35.5.